The lowest BCUT2D eigenvalue weighted by Gasteiger charge is -2.11. The number of rotatable bonds is 4. The molecule has 1 heterocycles. The van der Waals surface area contributed by atoms with Crippen molar-refractivity contribution in [3.05, 3.63) is 47.9 Å². The monoisotopic (exact) mass is 330 g/mol. The lowest BCUT2D eigenvalue weighted by atomic mass is 10.1. The standard InChI is InChI=1S/C15H14N4O5/c1-23-13(20)9-3-4-10(14(21)24-2)11(7-9)18-15(22)19-12-8-16-5-6-17-12/h3-8H,1-2H3,(H2,17,18,19,22). The van der Waals surface area contributed by atoms with Gasteiger partial charge in [-0.3, -0.25) is 10.3 Å². The quantitative estimate of drug-likeness (QED) is 0.819. The van der Waals surface area contributed by atoms with Crippen LogP contribution in [0.25, 0.3) is 0 Å². The summed E-state index contributed by atoms with van der Waals surface area (Å²) >= 11 is 0. The molecule has 0 unspecified atom stereocenters. The maximum absolute atomic E-state index is 12.0. The number of benzene rings is 1. The smallest absolute Gasteiger partial charge is 0.339 e. The molecule has 0 saturated carbocycles. The van der Waals surface area contributed by atoms with Gasteiger partial charge < -0.3 is 14.8 Å². The van der Waals surface area contributed by atoms with Crippen LogP contribution in [0.2, 0.25) is 0 Å². The molecule has 24 heavy (non-hydrogen) atoms. The number of urea groups is 1. The van der Waals surface area contributed by atoms with Crippen molar-refractivity contribution in [2.24, 2.45) is 0 Å². The first-order valence-corrected chi connectivity index (χ1v) is 6.70. The minimum Gasteiger partial charge on any atom is -0.465 e. The molecule has 0 fully saturated rings. The maximum atomic E-state index is 12.0. The number of ether oxygens (including phenoxy) is 2. The number of hydrogen-bond donors (Lipinski definition) is 2. The van der Waals surface area contributed by atoms with Gasteiger partial charge in [0, 0.05) is 12.4 Å². The van der Waals surface area contributed by atoms with E-state index in [-0.39, 0.29) is 22.6 Å². The average molecular weight is 330 g/mol. The number of nitrogens with one attached hydrogen (secondary N) is 2. The van der Waals surface area contributed by atoms with Gasteiger partial charge >= 0.3 is 18.0 Å². The number of amides is 2. The highest BCUT2D eigenvalue weighted by Gasteiger charge is 2.17. The van der Waals surface area contributed by atoms with E-state index < -0.39 is 18.0 Å². The van der Waals surface area contributed by atoms with Crippen molar-refractivity contribution in [1.82, 2.24) is 9.97 Å². The maximum Gasteiger partial charge on any atom is 0.339 e. The third-order valence-electron chi connectivity index (χ3n) is 2.90. The second-order valence-electron chi connectivity index (χ2n) is 4.41. The summed E-state index contributed by atoms with van der Waals surface area (Å²) in [5.74, 6) is -1.05. The molecule has 0 aliphatic carbocycles. The van der Waals surface area contributed by atoms with E-state index >= 15 is 0 Å². The molecule has 1 aromatic heterocycles. The Bertz CT molecular complexity index is 764. The van der Waals surface area contributed by atoms with E-state index in [9.17, 15) is 14.4 Å². The van der Waals surface area contributed by atoms with E-state index in [1.165, 1.54) is 51.0 Å². The summed E-state index contributed by atoms with van der Waals surface area (Å²) < 4.78 is 9.27. The summed E-state index contributed by atoms with van der Waals surface area (Å²) in [5.41, 5.74) is 0.338. The molecule has 0 saturated heterocycles. The van der Waals surface area contributed by atoms with E-state index in [4.69, 9.17) is 0 Å². The molecular weight excluding hydrogens is 316 g/mol. The van der Waals surface area contributed by atoms with Crippen molar-refractivity contribution in [3.63, 3.8) is 0 Å². The van der Waals surface area contributed by atoms with Gasteiger partial charge in [0.15, 0.2) is 5.82 Å². The Morgan fingerprint density at radius 2 is 1.75 bits per heavy atom. The van der Waals surface area contributed by atoms with Gasteiger partial charge in [-0.05, 0) is 18.2 Å². The van der Waals surface area contributed by atoms with Crippen LogP contribution in [0.3, 0.4) is 0 Å². The van der Waals surface area contributed by atoms with Crippen LogP contribution < -0.4 is 10.6 Å². The van der Waals surface area contributed by atoms with Crippen LogP contribution in [0.15, 0.2) is 36.8 Å². The second-order valence-corrected chi connectivity index (χ2v) is 4.41. The summed E-state index contributed by atoms with van der Waals surface area (Å²) in [4.78, 5) is 43.1. The van der Waals surface area contributed by atoms with E-state index in [0.29, 0.717) is 0 Å². The largest absolute Gasteiger partial charge is 0.465 e. The molecule has 0 spiro atoms. The van der Waals surface area contributed by atoms with Crippen LogP contribution >= 0.6 is 0 Å². The Labute approximate surface area is 137 Å². The zero-order valence-electron chi connectivity index (χ0n) is 12.9. The number of aromatic nitrogens is 2. The van der Waals surface area contributed by atoms with Crippen molar-refractivity contribution in [1.29, 1.82) is 0 Å². The summed E-state index contributed by atoms with van der Waals surface area (Å²) in [5, 5.41) is 4.91. The highest BCUT2D eigenvalue weighted by Crippen LogP contribution is 2.20. The van der Waals surface area contributed by atoms with Crippen LogP contribution in [-0.4, -0.2) is 42.2 Å². The number of esters is 2. The summed E-state index contributed by atoms with van der Waals surface area (Å²) in [6, 6.07) is 3.40. The average Bonchev–Trinajstić information content (AvgIpc) is 2.61. The fourth-order valence-corrected chi connectivity index (χ4v) is 1.81. The molecule has 0 bridgehead atoms. The van der Waals surface area contributed by atoms with E-state index in [1.807, 2.05) is 0 Å². The first kappa shape index (κ1) is 16.9. The van der Waals surface area contributed by atoms with Crippen molar-refractivity contribution in [2.45, 2.75) is 0 Å². The molecule has 2 N–H and O–H groups in total. The van der Waals surface area contributed by atoms with Gasteiger partial charge in [-0.1, -0.05) is 0 Å². The molecule has 0 aliphatic rings. The molecule has 2 amide bonds. The predicted molar refractivity (Wildman–Crippen MR) is 83.8 cm³/mol. The van der Waals surface area contributed by atoms with Crippen LogP contribution in [0.4, 0.5) is 16.3 Å². The number of carbonyl (C=O) groups is 3. The number of methoxy groups -OCH3 is 2. The molecule has 0 atom stereocenters. The van der Waals surface area contributed by atoms with Crippen LogP contribution in [0, 0.1) is 0 Å². The van der Waals surface area contributed by atoms with Gasteiger partial charge in [-0.15, -0.1) is 0 Å². The Hall–Kier alpha value is -3.49. The van der Waals surface area contributed by atoms with Crippen LogP contribution in [-0.2, 0) is 9.47 Å². The molecule has 0 aliphatic heterocycles. The van der Waals surface area contributed by atoms with Gasteiger partial charge in [-0.25, -0.2) is 19.4 Å². The van der Waals surface area contributed by atoms with Gasteiger partial charge in [0.1, 0.15) is 0 Å². The van der Waals surface area contributed by atoms with Gasteiger partial charge in [0.2, 0.25) is 0 Å². The topological polar surface area (TPSA) is 120 Å². The molecule has 0 radical (unpaired) electrons. The number of nitrogens with zero attached hydrogens (tertiary/aromatic N) is 2. The second kappa shape index (κ2) is 7.68. The third kappa shape index (κ3) is 4.03. The minimum absolute atomic E-state index is 0.0828. The lowest BCUT2D eigenvalue weighted by molar-refractivity contribution is 0.0587. The summed E-state index contributed by atoms with van der Waals surface area (Å²) in [6.45, 7) is 0. The molecule has 124 valence electrons. The lowest BCUT2D eigenvalue weighted by Crippen LogP contribution is -2.22. The van der Waals surface area contributed by atoms with Crippen molar-refractivity contribution < 1.29 is 23.9 Å². The van der Waals surface area contributed by atoms with Crippen molar-refractivity contribution >= 4 is 29.5 Å². The first-order chi connectivity index (χ1) is 11.5. The number of carbonyl (C=O) groups excluding carboxylic acids is 3. The highest BCUT2D eigenvalue weighted by molar-refractivity contribution is 6.06. The SMILES string of the molecule is COC(=O)c1ccc(C(=O)OC)c(NC(=O)Nc2cnccn2)c1. The minimum atomic E-state index is -0.666. The Morgan fingerprint density at radius 1 is 1.00 bits per heavy atom. The van der Waals surface area contributed by atoms with E-state index in [0.717, 1.165) is 0 Å². The third-order valence-corrected chi connectivity index (χ3v) is 2.90. The van der Waals surface area contributed by atoms with Crippen LogP contribution in [0.5, 0.6) is 0 Å². The fourth-order valence-electron chi connectivity index (χ4n) is 1.81. The Balaban J connectivity index is 2.26. The zero-order chi connectivity index (χ0) is 17.5. The molecule has 9 heteroatoms. The molecular formula is C15H14N4O5. The van der Waals surface area contributed by atoms with Gasteiger partial charge in [0.25, 0.3) is 0 Å². The molecule has 2 aromatic rings. The van der Waals surface area contributed by atoms with Gasteiger partial charge in [-0.2, -0.15) is 0 Å². The molecule has 9 nitrogen and oxygen atoms in total. The zero-order valence-corrected chi connectivity index (χ0v) is 12.9. The summed E-state index contributed by atoms with van der Waals surface area (Å²) in [7, 11) is 2.43. The van der Waals surface area contributed by atoms with E-state index in [1.54, 1.807) is 0 Å². The summed E-state index contributed by atoms with van der Waals surface area (Å²) in [6.07, 6.45) is 4.22. The van der Waals surface area contributed by atoms with E-state index in [2.05, 4.69) is 30.1 Å². The van der Waals surface area contributed by atoms with Crippen molar-refractivity contribution in [2.75, 3.05) is 24.9 Å². The fraction of sp³-hybridized carbons (Fsp3) is 0.133. The van der Waals surface area contributed by atoms with Gasteiger partial charge in [0.05, 0.1) is 37.2 Å². The predicted octanol–water partition coefficient (Wildman–Crippen LogP) is 1.69. The Kier molecular flexibility index (Phi) is 5.40. The first-order valence-electron chi connectivity index (χ1n) is 6.70. The number of anilines is 2. The number of hydrogen-bond acceptors (Lipinski definition) is 7. The molecule has 2 rings (SSSR count). The van der Waals surface area contributed by atoms with Crippen LogP contribution in [0.1, 0.15) is 20.7 Å². The highest BCUT2D eigenvalue weighted by atomic mass is 16.5. The molecule has 1 aromatic carbocycles. The Morgan fingerprint density at radius 3 is 2.38 bits per heavy atom. The normalized spacial score (nSPS) is 9.75. The van der Waals surface area contributed by atoms with Crippen molar-refractivity contribution in [3.8, 4) is 0 Å².